The first-order valence-electron chi connectivity index (χ1n) is 9.89. The number of nitrogens with one attached hydrogen (secondary N) is 2. The van der Waals surface area contributed by atoms with Crippen molar-refractivity contribution >= 4 is 35.8 Å². The summed E-state index contributed by atoms with van der Waals surface area (Å²) in [5.74, 6) is 0.729. The summed E-state index contributed by atoms with van der Waals surface area (Å²) in [5.41, 5.74) is 0.293. The van der Waals surface area contributed by atoms with Gasteiger partial charge < -0.3 is 25.2 Å². The van der Waals surface area contributed by atoms with Crippen LogP contribution in [-0.2, 0) is 9.53 Å². The molecule has 7 nitrogen and oxygen atoms in total. The number of guanidine groups is 1. The maximum atomic E-state index is 11.9. The monoisotopic (exact) mass is 495 g/mol. The van der Waals surface area contributed by atoms with E-state index in [1.807, 2.05) is 0 Å². The van der Waals surface area contributed by atoms with Gasteiger partial charge in [-0.05, 0) is 39.8 Å². The summed E-state index contributed by atoms with van der Waals surface area (Å²) in [7, 11) is 7.80. The van der Waals surface area contributed by atoms with Crippen LogP contribution in [0.1, 0.15) is 38.5 Å². The van der Waals surface area contributed by atoms with Gasteiger partial charge in [-0.15, -0.1) is 24.0 Å². The van der Waals surface area contributed by atoms with E-state index >= 15 is 0 Å². The Morgan fingerprint density at radius 2 is 1.85 bits per heavy atom. The molecule has 1 saturated heterocycles. The van der Waals surface area contributed by atoms with Crippen molar-refractivity contribution in [2.75, 3.05) is 61.0 Å². The van der Waals surface area contributed by atoms with E-state index in [-0.39, 0.29) is 42.5 Å². The van der Waals surface area contributed by atoms with Gasteiger partial charge in [-0.3, -0.25) is 4.79 Å². The Hall–Kier alpha value is -0.610. The lowest BCUT2D eigenvalue weighted by atomic mass is 9.85. The number of ether oxygens (including phenoxy) is 1. The first-order chi connectivity index (χ1) is 12.4. The molecular weight excluding hydrogens is 457 g/mol. The molecule has 0 aromatic rings. The van der Waals surface area contributed by atoms with Crippen molar-refractivity contribution in [3.63, 3.8) is 0 Å². The van der Waals surface area contributed by atoms with E-state index in [2.05, 4.69) is 34.6 Å². The molecule has 2 aliphatic rings. The zero-order valence-electron chi connectivity index (χ0n) is 17.4. The average Bonchev–Trinajstić information content (AvgIpc) is 3.25. The third-order valence-electron chi connectivity index (χ3n) is 5.34. The van der Waals surface area contributed by atoms with E-state index in [4.69, 9.17) is 4.74 Å². The zero-order chi connectivity index (χ0) is 19.0. The molecule has 2 fully saturated rings. The van der Waals surface area contributed by atoms with Crippen molar-refractivity contribution in [3.05, 3.63) is 0 Å². The number of amides is 1. The summed E-state index contributed by atoms with van der Waals surface area (Å²) in [4.78, 5) is 20.3. The maximum Gasteiger partial charge on any atom is 0.243 e. The minimum Gasteiger partial charge on any atom is -0.376 e. The smallest absolute Gasteiger partial charge is 0.243 e. The van der Waals surface area contributed by atoms with Crippen molar-refractivity contribution in [3.8, 4) is 0 Å². The fraction of sp³-hybridized carbons (Fsp3) is 0.895. The summed E-state index contributed by atoms with van der Waals surface area (Å²) in [6.07, 6.45) is 7.53. The molecule has 1 saturated carbocycles. The number of aliphatic imine (C=N–C) groups is 1. The summed E-state index contributed by atoms with van der Waals surface area (Å²) in [6, 6.07) is 0. The second kappa shape index (κ2) is 12.1. The lowest BCUT2D eigenvalue weighted by Gasteiger charge is -2.33. The number of halogens is 1. The topological polar surface area (TPSA) is 69.2 Å². The second-order valence-electron chi connectivity index (χ2n) is 8.27. The van der Waals surface area contributed by atoms with Crippen LogP contribution in [0.2, 0.25) is 0 Å². The summed E-state index contributed by atoms with van der Waals surface area (Å²) >= 11 is 0. The minimum absolute atomic E-state index is 0. The largest absolute Gasteiger partial charge is 0.376 e. The van der Waals surface area contributed by atoms with Crippen LogP contribution in [0.15, 0.2) is 4.99 Å². The van der Waals surface area contributed by atoms with Gasteiger partial charge in [0.25, 0.3) is 0 Å². The van der Waals surface area contributed by atoms with Crippen molar-refractivity contribution < 1.29 is 9.53 Å². The van der Waals surface area contributed by atoms with Crippen LogP contribution >= 0.6 is 24.0 Å². The van der Waals surface area contributed by atoms with Crippen LogP contribution in [0, 0.1) is 5.41 Å². The molecule has 2 rings (SSSR count). The number of carbonyl (C=O) groups is 1. The summed E-state index contributed by atoms with van der Waals surface area (Å²) in [6.45, 7) is 3.71. The molecule has 0 bridgehead atoms. The number of rotatable bonds is 8. The third-order valence-corrected chi connectivity index (χ3v) is 5.34. The zero-order valence-corrected chi connectivity index (χ0v) is 19.8. The van der Waals surface area contributed by atoms with Gasteiger partial charge in [0.2, 0.25) is 5.91 Å². The normalized spacial score (nSPS) is 21.8. The van der Waals surface area contributed by atoms with Crippen LogP contribution < -0.4 is 10.6 Å². The fourth-order valence-corrected chi connectivity index (χ4v) is 3.94. The highest BCUT2D eigenvalue weighted by molar-refractivity contribution is 14.0. The highest BCUT2D eigenvalue weighted by atomic mass is 127. The van der Waals surface area contributed by atoms with Gasteiger partial charge >= 0.3 is 0 Å². The highest BCUT2D eigenvalue weighted by Crippen LogP contribution is 2.37. The third kappa shape index (κ3) is 8.51. The van der Waals surface area contributed by atoms with Gasteiger partial charge in [-0.1, -0.05) is 12.8 Å². The van der Waals surface area contributed by atoms with E-state index in [0.717, 1.165) is 45.0 Å². The van der Waals surface area contributed by atoms with Gasteiger partial charge in [0.15, 0.2) is 5.96 Å². The molecule has 0 spiro atoms. The van der Waals surface area contributed by atoms with Gasteiger partial charge in [0, 0.05) is 45.8 Å². The predicted octanol–water partition coefficient (Wildman–Crippen LogP) is 1.53. The van der Waals surface area contributed by atoms with Gasteiger partial charge in [0.05, 0.1) is 6.10 Å². The Kier molecular flexibility index (Phi) is 10.9. The lowest BCUT2D eigenvalue weighted by Crippen LogP contribution is -2.48. The van der Waals surface area contributed by atoms with E-state index in [0.29, 0.717) is 5.41 Å². The number of carbonyl (C=O) groups excluding carboxylic acids is 1. The summed E-state index contributed by atoms with van der Waals surface area (Å²) < 4.78 is 5.69. The van der Waals surface area contributed by atoms with E-state index in [1.165, 1.54) is 25.7 Å². The minimum atomic E-state index is 0. The Bertz CT molecular complexity index is 473. The number of nitrogens with zero attached hydrogens (tertiary/aromatic N) is 3. The maximum absolute atomic E-state index is 11.9. The highest BCUT2D eigenvalue weighted by Gasteiger charge is 2.34. The molecule has 1 unspecified atom stereocenters. The van der Waals surface area contributed by atoms with E-state index in [1.54, 1.807) is 19.0 Å². The number of hydrogen-bond acceptors (Lipinski definition) is 4. The van der Waals surface area contributed by atoms with E-state index < -0.39 is 0 Å². The van der Waals surface area contributed by atoms with Crippen molar-refractivity contribution in [2.24, 2.45) is 10.4 Å². The standard InChI is InChI=1S/C19H37N5O2.HI/c1-23(2)15-19(9-5-6-10-19)14-22-18(21-13-17(25)24(3)4)20-12-16-8-7-11-26-16;/h16H,5-15H2,1-4H3,(H2,20,21,22);1H. The van der Waals surface area contributed by atoms with E-state index in [9.17, 15) is 4.79 Å². The Morgan fingerprint density at radius 1 is 1.15 bits per heavy atom. The second-order valence-corrected chi connectivity index (χ2v) is 8.27. The first kappa shape index (κ1) is 24.4. The van der Waals surface area contributed by atoms with Gasteiger partial charge in [-0.25, -0.2) is 4.99 Å². The predicted molar refractivity (Wildman–Crippen MR) is 121 cm³/mol. The van der Waals surface area contributed by atoms with Gasteiger partial charge in [-0.2, -0.15) is 0 Å². The SMILES string of the molecule is CN(C)CC1(CNC(=NCC(=O)N(C)C)NCC2CCCO2)CCCC1.I. The Labute approximate surface area is 181 Å². The average molecular weight is 495 g/mol. The lowest BCUT2D eigenvalue weighted by molar-refractivity contribution is -0.127. The molecule has 2 N–H and O–H groups in total. The fourth-order valence-electron chi connectivity index (χ4n) is 3.94. The van der Waals surface area contributed by atoms with Crippen LogP contribution in [0.25, 0.3) is 0 Å². The summed E-state index contributed by atoms with van der Waals surface area (Å²) in [5, 5.41) is 6.89. The number of hydrogen-bond donors (Lipinski definition) is 2. The Morgan fingerprint density at radius 3 is 2.41 bits per heavy atom. The molecule has 27 heavy (non-hydrogen) atoms. The molecule has 1 amide bonds. The molecule has 1 aliphatic heterocycles. The van der Waals surface area contributed by atoms with Crippen molar-refractivity contribution in [1.82, 2.24) is 20.4 Å². The molecule has 0 aromatic heterocycles. The Balaban J connectivity index is 0.00000364. The molecule has 1 aliphatic carbocycles. The molecule has 1 atom stereocenters. The molecule has 0 aromatic carbocycles. The van der Waals surface area contributed by atoms with Gasteiger partial charge in [0.1, 0.15) is 6.54 Å². The van der Waals surface area contributed by atoms with Crippen molar-refractivity contribution in [1.29, 1.82) is 0 Å². The quantitative estimate of drug-likeness (QED) is 0.304. The first-order valence-corrected chi connectivity index (χ1v) is 9.89. The molecule has 1 heterocycles. The molecule has 158 valence electrons. The molecule has 0 radical (unpaired) electrons. The van der Waals surface area contributed by atoms with Crippen LogP contribution in [0.3, 0.4) is 0 Å². The molecular formula is C19H38IN5O2. The van der Waals surface area contributed by atoms with Crippen LogP contribution in [-0.4, -0.2) is 88.7 Å². The van der Waals surface area contributed by atoms with Crippen LogP contribution in [0.4, 0.5) is 0 Å². The molecule has 8 heteroatoms. The number of likely N-dealkylation sites (N-methyl/N-ethyl adjacent to an activating group) is 1. The van der Waals surface area contributed by atoms with Crippen LogP contribution in [0.5, 0.6) is 0 Å². The van der Waals surface area contributed by atoms with Crippen molar-refractivity contribution in [2.45, 2.75) is 44.6 Å².